The van der Waals surface area contributed by atoms with E-state index in [4.69, 9.17) is 0 Å². The van der Waals surface area contributed by atoms with Crippen LogP contribution >= 0.6 is 0 Å². The van der Waals surface area contributed by atoms with E-state index < -0.39 is 6.10 Å². The smallest absolute Gasteiger partial charge is 0.184 e. The van der Waals surface area contributed by atoms with E-state index in [0.717, 1.165) is 25.7 Å². The van der Waals surface area contributed by atoms with Crippen LogP contribution < -0.4 is 0 Å². The highest BCUT2D eigenvalue weighted by molar-refractivity contribution is 5.93. The number of hydrogen-bond donors (Lipinski definition) is 1. The van der Waals surface area contributed by atoms with E-state index >= 15 is 0 Å². The van der Waals surface area contributed by atoms with Crippen molar-refractivity contribution >= 4 is 5.78 Å². The van der Waals surface area contributed by atoms with Gasteiger partial charge < -0.3 is 5.11 Å². The fraction of sp³-hybridized carbons (Fsp3) is 0.727. The second-order valence-electron chi connectivity index (χ2n) is 3.75. The van der Waals surface area contributed by atoms with Crippen LogP contribution in [0.25, 0.3) is 0 Å². The summed E-state index contributed by atoms with van der Waals surface area (Å²) in [6, 6.07) is 0. The van der Waals surface area contributed by atoms with Gasteiger partial charge in [0.05, 0.1) is 0 Å². The van der Waals surface area contributed by atoms with E-state index in [1.54, 1.807) is 13.0 Å². The summed E-state index contributed by atoms with van der Waals surface area (Å²) in [6.45, 7) is 1.80. The Labute approximate surface area is 79.6 Å². The Morgan fingerprint density at radius 3 is 2.54 bits per heavy atom. The van der Waals surface area contributed by atoms with Crippen LogP contribution in [0.15, 0.2) is 12.2 Å². The van der Waals surface area contributed by atoms with Crippen molar-refractivity contribution in [2.45, 2.75) is 45.1 Å². The summed E-state index contributed by atoms with van der Waals surface area (Å²) in [7, 11) is 0. The largest absolute Gasteiger partial charge is 0.385 e. The molecule has 1 unspecified atom stereocenters. The fourth-order valence-corrected chi connectivity index (χ4v) is 1.95. The zero-order valence-electron chi connectivity index (χ0n) is 8.20. The zero-order valence-corrected chi connectivity index (χ0v) is 8.20. The standard InChI is InChI=1S/C11H18O2/c1-2-6-10(12)11(13)9-7-4-3-5-8-9/h2,6,9,11,13H,3-5,7-8H2,1H3. The first-order chi connectivity index (χ1) is 6.25. The molecule has 0 amide bonds. The first-order valence-electron chi connectivity index (χ1n) is 5.10. The van der Waals surface area contributed by atoms with Gasteiger partial charge >= 0.3 is 0 Å². The molecule has 0 saturated heterocycles. The summed E-state index contributed by atoms with van der Waals surface area (Å²) < 4.78 is 0. The molecule has 1 aliphatic rings. The summed E-state index contributed by atoms with van der Waals surface area (Å²) in [5.74, 6) is 0.0758. The van der Waals surface area contributed by atoms with Gasteiger partial charge in [-0.05, 0) is 31.8 Å². The van der Waals surface area contributed by atoms with Crippen molar-refractivity contribution in [3.05, 3.63) is 12.2 Å². The first kappa shape index (κ1) is 10.5. The summed E-state index contributed by atoms with van der Waals surface area (Å²) in [6.07, 6.45) is 7.98. The highest BCUT2D eigenvalue weighted by Crippen LogP contribution is 2.26. The van der Waals surface area contributed by atoms with Crippen LogP contribution in [0.4, 0.5) is 0 Å². The number of carbonyl (C=O) groups is 1. The minimum Gasteiger partial charge on any atom is -0.385 e. The average molecular weight is 182 g/mol. The molecular weight excluding hydrogens is 164 g/mol. The second kappa shape index (κ2) is 5.18. The second-order valence-corrected chi connectivity index (χ2v) is 3.75. The Bertz CT molecular complexity index is 190. The van der Waals surface area contributed by atoms with Gasteiger partial charge in [0.2, 0.25) is 0 Å². The summed E-state index contributed by atoms with van der Waals surface area (Å²) in [4.78, 5) is 11.3. The minimum absolute atomic E-state index is 0.130. The molecule has 1 aliphatic carbocycles. The van der Waals surface area contributed by atoms with Crippen molar-refractivity contribution in [1.29, 1.82) is 0 Å². The van der Waals surface area contributed by atoms with E-state index in [1.165, 1.54) is 12.5 Å². The van der Waals surface area contributed by atoms with Crippen LogP contribution in [0.5, 0.6) is 0 Å². The Morgan fingerprint density at radius 2 is 2.00 bits per heavy atom. The molecule has 0 aromatic heterocycles. The normalized spacial score (nSPS) is 22.0. The number of aliphatic hydroxyl groups is 1. The fourth-order valence-electron chi connectivity index (χ4n) is 1.95. The van der Waals surface area contributed by atoms with E-state index in [1.807, 2.05) is 0 Å². The highest BCUT2D eigenvalue weighted by Gasteiger charge is 2.25. The monoisotopic (exact) mass is 182 g/mol. The molecular formula is C11H18O2. The highest BCUT2D eigenvalue weighted by atomic mass is 16.3. The number of hydrogen-bond acceptors (Lipinski definition) is 2. The van der Waals surface area contributed by atoms with Crippen LogP contribution in [0, 0.1) is 5.92 Å². The van der Waals surface area contributed by atoms with Crippen LogP contribution in [0.1, 0.15) is 39.0 Å². The molecule has 0 bridgehead atoms. The SMILES string of the molecule is CC=CC(=O)C(O)C1CCCCC1. The van der Waals surface area contributed by atoms with Gasteiger partial charge in [-0.3, -0.25) is 4.79 Å². The molecule has 1 saturated carbocycles. The Kier molecular flexibility index (Phi) is 4.16. The molecule has 1 atom stereocenters. The van der Waals surface area contributed by atoms with E-state index in [9.17, 15) is 9.90 Å². The third-order valence-electron chi connectivity index (χ3n) is 2.72. The molecule has 0 aromatic rings. The lowest BCUT2D eigenvalue weighted by Gasteiger charge is -2.24. The lowest BCUT2D eigenvalue weighted by molar-refractivity contribution is -0.125. The Balaban J connectivity index is 2.44. The van der Waals surface area contributed by atoms with Crippen molar-refractivity contribution in [3.63, 3.8) is 0 Å². The molecule has 1 rings (SSSR count). The minimum atomic E-state index is -0.753. The van der Waals surface area contributed by atoms with Gasteiger partial charge in [-0.2, -0.15) is 0 Å². The van der Waals surface area contributed by atoms with Crippen LogP contribution in [0.3, 0.4) is 0 Å². The predicted molar refractivity (Wildman–Crippen MR) is 52.4 cm³/mol. The number of aliphatic hydroxyl groups excluding tert-OH is 1. The lowest BCUT2D eigenvalue weighted by Crippen LogP contribution is -2.29. The number of carbonyl (C=O) groups excluding carboxylic acids is 1. The van der Waals surface area contributed by atoms with Gasteiger partial charge in [0.1, 0.15) is 6.10 Å². The first-order valence-corrected chi connectivity index (χ1v) is 5.10. The molecule has 0 heterocycles. The molecule has 13 heavy (non-hydrogen) atoms. The van der Waals surface area contributed by atoms with Crippen LogP contribution in [0.2, 0.25) is 0 Å². The third kappa shape index (κ3) is 2.96. The molecule has 0 aliphatic heterocycles. The van der Waals surface area contributed by atoms with Crippen LogP contribution in [-0.4, -0.2) is 17.0 Å². The number of allylic oxidation sites excluding steroid dienone is 1. The zero-order chi connectivity index (χ0) is 9.68. The quantitative estimate of drug-likeness (QED) is 0.678. The summed E-state index contributed by atoms with van der Waals surface area (Å²) in [5.41, 5.74) is 0. The van der Waals surface area contributed by atoms with Gasteiger partial charge in [-0.15, -0.1) is 0 Å². The maximum atomic E-state index is 11.3. The van der Waals surface area contributed by atoms with Crippen LogP contribution in [-0.2, 0) is 4.79 Å². The van der Waals surface area contributed by atoms with Crippen molar-refractivity contribution < 1.29 is 9.90 Å². The number of ketones is 1. The maximum absolute atomic E-state index is 11.3. The van der Waals surface area contributed by atoms with E-state index in [-0.39, 0.29) is 11.7 Å². The van der Waals surface area contributed by atoms with Gasteiger partial charge in [0, 0.05) is 0 Å². The maximum Gasteiger partial charge on any atom is 0.184 e. The van der Waals surface area contributed by atoms with Gasteiger partial charge in [-0.1, -0.05) is 25.3 Å². The number of rotatable bonds is 3. The predicted octanol–water partition coefficient (Wildman–Crippen LogP) is 2.07. The molecule has 2 nitrogen and oxygen atoms in total. The molecule has 0 aromatic carbocycles. The molecule has 0 spiro atoms. The van der Waals surface area contributed by atoms with Crippen molar-refractivity contribution in [3.8, 4) is 0 Å². The molecule has 74 valence electrons. The summed E-state index contributed by atoms with van der Waals surface area (Å²) in [5, 5.41) is 9.67. The topological polar surface area (TPSA) is 37.3 Å². The average Bonchev–Trinajstić information content (AvgIpc) is 2.18. The third-order valence-corrected chi connectivity index (χ3v) is 2.72. The Morgan fingerprint density at radius 1 is 1.38 bits per heavy atom. The van der Waals surface area contributed by atoms with Crippen molar-refractivity contribution in [1.82, 2.24) is 0 Å². The van der Waals surface area contributed by atoms with Gasteiger partial charge in [-0.25, -0.2) is 0 Å². The van der Waals surface area contributed by atoms with E-state index in [2.05, 4.69) is 0 Å². The lowest BCUT2D eigenvalue weighted by atomic mass is 9.84. The van der Waals surface area contributed by atoms with Crippen molar-refractivity contribution in [2.24, 2.45) is 5.92 Å². The van der Waals surface area contributed by atoms with E-state index in [0.29, 0.717) is 0 Å². The van der Waals surface area contributed by atoms with Crippen molar-refractivity contribution in [2.75, 3.05) is 0 Å². The Hall–Kier alpha value is -0.630. The molecule has 2 heteroatoms. The molecule has 1 N–H and O–H groups in total. The van der Waals surface area contributed by atoms with Gasteiger partial charge in [0.25, 0.3) is 0 Å². The van der Waals surface area contributed by atoms with Gasteiger partial charge in [0.15, 0.2) is 5.78 Å². The molecule has 0 radical (unpaired) electrons. The molecule has 1 fully saturated rings. The summed E-state index contributed by atoms with van der Waals surface area (Å²) >= 11 is 0.